The van der Waals surface area contributed by atoms with Crippen molar-refractivity contribution >= 4 is 5.91 Å². The zero-order valence-electron chi connectivity index (χ0n) is 9.65. The van der Waals surface area contributed by atoms with Crippen LogP contribution in [0.1, 0.15) is 20.3 Å². The normalized spacial score (nSPS) is 36.3. The molecule has 5 nitrogen and oxygen atoms in total. The van der Waals surface area contributed by atoms with Crippen molar-refractivity contribution in [1.82, 2.24) is 5.32 Å². The highest BCUT2D eigenvalue weighted by molar-refractivity contribution is 5.73. The van der Waals surface area contributed by atoms with Crippen molar-refractivity contribution in [2.75, 3.05) is 14.2 Å². The van der Waals surface area contributed by atoms with Crippen LogP contribution < -0.4 is 5.32 Å². The second-order valence-electron chi connectivity index (χ2n) is 3.74. The summed E-state index contributed by atoms with van der Waals surface area (Å²) in [6.07, 6.45) is 0.192. The molecule has 0 radical (unpaired) electrons. The molecule has 1 aliphatic heterocycles. The molecule has 15 heavy (non-hydrogen) atoms. The Bertz CT molecular complexity index is 221. The first-order chi connectivity index (χ1) is 7.08. The van der Waals surface area contributed by atoms with Crippen molar-refractivity contribution in [1.29, 1.82) is 0 Å². The van der Waals surface area contributed by atoms with Crippen molar-refractivity contribution in [3.05, 3.63) is 0 Å². The van der Waals surface area contributed by atoms with E-state index in [4.69, 9.17) is 14.2 Å². The van der Waals surface area contributed by atoms with Crippen molar-refractivity contribution in [2.45, 2.75) is 44.8 Å². The number of hydrogen-bond acceptors (Lipinski definition) is 4. The highest BCUT2D eigenvalue weighted by Gasteiger charge is 2.37. The van der Waals surface area contributed by atoms with Crippen LogP contribution in [0.15, 0.2) is 0 Å². The van der Waals surface area contributed by atoms with E-state index < -0.39 is 0 Å². The maximum atomic E-state index is 11.0. The Hall–Kier alpha value is -0.650. The second-order valence-corrected chi connectivity index (χ2v) is 3.74. The molecular formula is C10H19NO4. The van der Waals surface area contributed by atoms with Gasteiger partial charge in [-0.15, -0.1) is 0 Å². The van der Waals surface area contributed by atoms with E-state index in [0.29, 0.717) is 6.42 Å². The fraction of sp³-hybridized carbons (Fsp3) is 0.900. The highest BCUT2D eigenvalue weighted by atomic mass is 16.7. The first kappa shape index (κ1) is 12.4. The van der Waals surface area contributed by atoms with Gasteiger partial charge in [0, 0.05) is 27.6 Å². The van der Waals surface area contributed by atoms with Crippen LogP contribution in [0.5, 0.6) is 0 Å². The Morgan fingerprint density at radius 2 is 2.07 bits per heavy atom. The predicted octanol–water partition coefficient (Wildman–Crippen LogP) is 0.287. The summed E-state index contributed by atoms with van der Waals surface area (Å²) in [5.41, 5.74) is 0. The van der Waals surface area contributed by atoms with E-state index in [1.807, 2.05) is 6.92 Å². The summed E-state index contributed by atoms with van der Waals surface area (Å²) >= 11 is 0. The fourth-order valence-corrected chi connectivity index (χ4v) is 1.86. The lowest BCUT2D eigenvalue weighted by Crippen LogP contribution is -2.56. The maximum Gasteiger partial charge on any atom is 0.217 e. The first-order valence-corrected chi connectivity index (χ1v) is 5.06. The van der Waals surface area contributed by atoms with Crippen LogP contribution in [0, 0.1) is 0 Å². The average molecular weight is 217 g/mol. The molecule has 0 aliphatic carbocycles. The van der Waals surface area contributed by atoms with Crippen LogP contribution in [0.2, 0.25) is 0 Å². The molecule has 1 heterocycles. The minimum Gasteiger partial charge on any atom is -0.379 e. The quantitative estimate of drug-likeness (QED) is 0.738. The Balaban J connectivity index is 2.64. The van der Waals surface area contributed by atoms with Gasteiger partial charge in [0.1, 0.15) is 0 Å². The molecule has 5 heteroatoms. The van der Waals surface area contributed by atoms with Gasteiger partial charge in [0.15, 0.2) is 6.29 Å². The van der Waals surface area contributed by atoms with Gasteiger partial charge in [-0.1, -0.05) is 0 Å². The second kappa shape index (κ2) is 5.44. The topological polar surface area (TPSA) is 56.8 Å². The van der Waals surface area contributed by atoms with Gasteiger partial charge in [0.25, 0.3) is 0 Å². The van der Waals surface area contributed by atoms with E-state index in [9.17, 15) is 4.79 Å². The number of ether oxygens (including phenoxy) is 3. The molecule has 1 aliphatic rings. The molecule has 1 saturated heterocycles. The van der Waals surface area contributed by atoms with E-state index in [1.165, 1.54) is 6.92 Å². The third-order valence-electron chi connectivity index (χ3n) is 2.63. The molecular weight excluding hydrogens is 198 g/mol. The van der Waals surface area contributed by atoms with E-state index in [2.05, 4.69) is 5.32 Å². The van der Waals surface area contributed by atoms with Gasteiger partial charge in [0.05, 0.1) is 18.2 Å². The Morgan fingerprint density at radius 3 is 2.53 bits per heavy atom. The van der Waals surface area contributed by atoms with Crippen molar-refractivity contribution in [3.8, 4) is 0 Å². The summed E-state index contributed by atoms with van der Waals surface area (Å²) < 4.78 is 16.0. The lowest BCUT2D eigenvalue weighted by molar-refractivity contribution is -0.214. The van der Waals surface area contributed by atoms with Gasteiger partial charge >= 0.3 is 0 Å². The van der Waals surface area contributed by atoms with Gasteiger partial charge in [-0.25, -0.2) is 0 Å². The van der Waals surface area contributed by atoms with Crippen LogP contribution in [-0.2, 0) is 19.0 Å². The van der Waals surface area contributed by atoms with Gasteiger partial charge in [-0.2, -0.15) is 0 Å². The number of methoxy groups -OCH3 is 2. The molecule has 88 valence electrons. The molecule has 0 bridgehead atoms. The predicted molar refractivity (Wildman–Crippen MR) is 54.4 cm³/mol. The Labute approximate surface area is 90.1 Å². The van der Waals surface area contributed by atoms with Crippen LogP contribution >= 0.6 is 0 Å². The van der Waals surface area contributed by atoms with Gasteiger partial charge in [0.2, 0.25) is 5.91 Å². The molecule has 0 aromatic rings. The van der Waals surface area contributed by atoms with Crippen molar-refractivity contribution < 1.29 is 19.0 Å². The van der Waals surface area contributed by atoms with E-state index in [-0.39, 0.29) is 30.4 Å². The van der Waals surface area contributed by atoms with Crippen LogP contribution in [0.3, 0.4) is 0 Å². The maximum absolute atomic E-state index is 11.0. The van der Waals surface area contributed by atoms with Crippen LogP contribution in [0.4, 0.5) is 0 Å². The molecule has 0 spiro atoms. The smallest absolute Gasteiger partial charge is 0.217 e. The van der Waals surface area contributed by atoms with Gasteiger partial charge in [-0.05, 0) is 6.92 Å². The molecule has 4 atom stereocenters. The average Bonchev–Trinajstić information content (AvgIpc) is 2.20. The Kier molecular flexibility index (Phi) is 4.50. The molecule has 1 N–H and O–H groups in total. The van der Waals surface area contributed by atoms with E-state index >= 15 is 0 Å². The third-order valence-corrected chi connectivity index (χ3v) is 2.63. The first-order valence-electron chi connectivity index (χ1n) is 5.06. The number of carbonyl (C=O) groups excluding carboxylic acids is 1. The zero-order chi connectivity index (χ0) is 11.4. The number of amides is 1. The minimum absolute atomic E-state index is 0.0670. The summed E-state index contributed by atoms with van der Waals surface area (Å²) in [5, 5.41) is 2.83. The van der Waals surface area contributed by atoms with E-state index in [1.54, 1.807) is 14.2 Å². The van der Waals surface area contributed by atoms with Gasteiger partial charge in [-0.3, -0.25) is 4.79 Å². The largest absolute Gasteiger partial charge is 0.379 e. The monoisotopic (exact) mass is 217 g/mol. The van der Waals surface area contributed by atoms with E-state index in [0.717, 1.165) is 0 Å². The lowest BCUT2D eigenvalue weighted by Gasteiger charge is -2.39. The highest BCUT2D eigenvalue weighted by Crippen LogP contribution is 2.22. The molecule has 0 saturated carbocycles. The summed E-state index contributed by atoms with van der Waals surface area (Å²) in [6, 6.07) is -0.112. The minimum atomic E-state index is -0.255. The summed E-state index contributed by atoms with van der Waals surface area (Å²) in [4.78, 5) is 11.0. The Morgan fingerprint density at radius 1 is 1.40 bits per heavy atom. The number of nitrogens with one attached hydrogen (secondary N) is 1. The van der Waals surface area contributed by atoms with Crippen LogP contribution in [0.25, 0.3) is 0 Å². The third kappa shape index (κ3) is 3.15. The molecule has 1 amide bonds. The summed E-state index contributed by atoms with van der Waals surface area (Å²) in [6.45, 7) is 3.39. The molecule has 0 aromatic carbocycles. The lowest BCUT2D eigenvalue weighted by atomic mass is 9.99. The van der Waals surface area contributed by atoms with Crippen molar-refractivity contribution in [2.24, 2.45) is 0 Å². The summed E-state index contributed by atoms with van der Waals surface area (Å²) in [5.74, 6) is -0.0756. The molecule has 0 unspecified atom stereocenters. The molecule has 1 rings (SSSR count). The van der Waals surface area contributed by atoms with Gasteiger partial charge < -0.3 is 19.5 Å². The number of carbonyl (C=O) groups is 1. The summed E-state index contributed by atoms with van der Waals surface area (Å²) in [7, 11) is 3.23. The number of hydrogen-bond donors (Lipinski definition) is 1. The van der Waals surface area contributed by atoms with Crippen LogP contribution in [-0.4, -0.2) is 44.7 Å². The number of rotatable bonds is 3. The molecule has 1 fully saturated rings. The zero-order valence-corrected chi connectivity index (χ0v) is 9.65. The SMILES string of the molecule is CO[C@H]1C[C@@H](OC)[C@H](NC(C)=O)[C@H](C)O1. The molecule has 0 aromatic heterocycles. The standard InChI is InChI=1S/C10H19NO4/c1-6-10(11-7(2)12)8(13-3)5-9(14-4)15-6/h6,8-10H,5H2,1-4H3,(H,11,12)/t6-,8+,9+,10+/m0/s1. The fourth-order valence-electron chi connectivity index (χ4n) is 1.86. The van der Waals surface area contributed by atoms with Crippen molar-refractivity contribution in [3.63, 3.8) is 0 Å².